The molecule has 1 aliphatic heterocycles. The first-order valence-electron chi connectivity index (χ1n) is 10.3. The number of carbonyl (C=O) groups is 3. The number of carbonyl (C=O) groups excluding carboxylic acids is 3. The number of nitrogens with one attached hydrogen (secondary N) is 1. The summed E-state index contributed by atoms with van der Waals surface area (Å²) in [5.41, 5.74) is 1.27. The van der Waals surface area contributed by atoms with Gasteiger partial charge in [0, 0.05) is 12.0 Å². The lowest BCUT2D eigenvalue weighted by Crippen LogP contribution is -2.52. The van der Waals surface area contributed by atoms with Crippen molar-refractivity contribution in [3.05, 3.63) is 58.1 Å². The van der Waals surface area contributed by atoms with Crippen LogP contribution in [0.25, 0.3) is 0 Å². The topological polar surface area (TPSA) is 122 Å². The lowest BCUT2D eigenvalue weighted by atomic mass is 9.86. The van der Waals surface area contributed by atoms with Gasteiger partial charge < -0.3 is 20.9 Å². The normalized spacial score (nSPS) is 18.8. The average molecular weight is 536 g/mol. The molecule has 4 amide bonds. The van der Waals surface area contributed by atoms with E-state index in [1.165, 1.54) is 12.1 Å². The van der Waals surface area contributed by atoms with Crippen LogP contribution >= 0.6 is 11.6 Å². The van der Waals surface area contributed by atoms with Gasteiger partial charge in [0.1, 0.15) is 22.9 Å². The SMILES string of the molecule is C[C@H](Oc1cc(C2(CO)CCC(=O)N2C(N)=O)c(F)cc1C(=O)Nc1c(F)cccc1Cl)C(F)(F)F. The molecule has 2 aromatic rings. The summed E-state index contributed by atoms with van der Waals surface area (Å²) in [6.45, 7) is -0.404. The van der Waals surface area contributed by atoms with E-state index in [1.54, 1.807) is 0 Å². The molecule has 0 spiro atoms. The Morgan fingerprint density at radius 3 is 2.50 bits per heavy atom. The highest BCUT2D eigenvalue weighted by molar-refractivity contribution is 6.34. The maximum Gasteiger partial charge on any atom is 0.425 e. The number of aliphatic hydroxyl groups is 1. The Morgan fingerprint density at radius 1 is 1.28 bits per heavy atom. The van der Waals surface area contributed by atoms with Crippen LogP contribution in [-0.4, -0.2) is 46.7 Å². The molecule has 0 aliphatic carbocycles. The number of hydrogen-bond acceptors (Lipinski definition) is 5. The summed E-state index contributed by atoms with van der Waals surface area (Å²) >= 11 is 5.87. The van der Waals surface area contributed by atoms with E-state index in [2.05, 4.69) is 5.32 Å². The number of anilines is 1. The number of nitrogens with zero attached hydrogens (tertiary/aromatic N) is 1. The van der Waals surface area contributed by atoms with Crippen LogP contribution in [0.2, 0.25) is 5.02 Å². The number of ether oxygens (including phenoxy) is 1. The second-order valence-corrected chi connectivity index (χ2v) is 8.34. The van der Waals surface area contributed by atoms with Crippen molar-refractivity contribution < 1.29 is 46.2 Å². The summed E-state index contributed by atoms with van der Waals surface area (Å²) in [5, 5.41) is 11.9. The van der Waals surface area contributed by atoms with E-state index in [1.807, 2.05) is 0 Å². The molecule has 0 aromatic heterocycles. The van der Waals surface area contributed by atoms with Crippen molar-refractivity contribution in [2.45, 2.75) is 37.6 Å². The number of likely N-dealkylation sites (tertiary alicyclic amines) is 1. The van der Waals surface area contributed by atoms with E-state index < -0.39 is 76.5 Å². The maximum atomic E-state index is 15.3. The van der Waals surface area contributed by atoms with E-state index >= 15 is 4.39 Å². The number of amides is 4. The number of primary amides is 1. The van der Waals surface area contributed by atoms with Gasteiger partial charge in [-0.3, -0.25) is 14.5 Å². The number of imide groups is 1. The standard InChI is InChI=1S/C22H19ClF5N3O5/c1-10(22(26,27)28)36-16-8-12(21(9-32)6-5-17(33)31(21)20(29)35)15(25)7-11(16)19(34)30-18-13(23)3-2-4-14(18)24/h2-4,7-8,10,32H,5-6,9H2,1H3,(H2,29,35)(H,30,34)/t10-,21?/m0/s1. The molecular formula is C22H19ClF5N3O5. The van der Waals surface area contributed by atoms with Gasteiger partial charge in [0.05, 0.1) is 22.9 Å². The highest BCUT2D eigenvalue weighted by Gasteiger charge is 2.51. The minimum absolute atomic E-state index is 0.243. The summed E-state index contributed by atoms with van der Waals surface area (Å²) in [6.07, 6.45) is -8.05. The van der Waals surface area contributed by atoms with Gasteiger partial charge in [-0.05, 0) is 37.6 Å². The van der Waals surface area contributed by atoms with Crippen molar-refractivity contribution in [2.24, 2.45) is 5.73 Å². The van der Waals surface area contributed by atoms with Crippen LogP contribution in [0.1, 0.15) is 35.7 Å². The summed E-state index contributed by atoms with van der Waals surface area (Å²) < 4.78 is 74.1. The van der Waals surface area contributed by atoms with Crippen LogP contribution in [0.3, 0.4) is 0 Å². The summed E-state index contributed by atoms with van der Waals surface area (Å²) in [6, 6.07) is 3.25. The van der Waals surface area contributed by atoms with Gasteiger partial charge in [-0.1, -0.05) is 17.7 Å². The molecule has 0 radical (unpaired) electrons. The number of halogens is 6. The van der Waals surface area contributed by atoms with E-state index in [9.17, 15) is 37.1 Å². The first kappa shape index (κ1) is 27.1. The van der Waals surface area contributed by atoms with Crippen LogP contribution in [0.15, 0.2) is 30.3 Å². The zero-order chi connectivity index (χ0) is 27.0. The molecule has 0 saturated carbocycles. The third-order valence-electron chi connectivity index (χ3n) is 5.69. The molecule has 194 valence electrons. The van der Waals surface area contributed by atoms with Crippen molar-refractivity contribution in [1.82, 2.24) is 4.90 Å². The van der Waals surface area contributed by atoms with Crippen molar-refractivity contribution in [3.8, 4) is 5.75 Å². The van der Waals surface area contributed by atoms with E-state index in [4.69, 9.17) is 22.1 Å². The molecule has 4 N–H and O–H groups in total. The van der Waals surface area contributed by atoms with Crippen LogP contribution in [0.5, 0.6) is 5.75 Å². The summed E-state index contributed by atoms with van der Waals surface area (Å²) in [5.74, 6) is -5.19. The Hall–Kier alpha value is -3.45. The predicted molar refractivity (Wildman–Crippen MR) is 116 cm³/mol. The van der Waals surface area contributed by atoms with E-state index in [-0.39, 0.29) is 17.9 Å². The molecule has 1 heterocycles. The quantitative estimate of drug-likeness (QED) is 0.481. The molecule has 3 rings (SSSR count). The lowest BCUT2D eigenvalue weighted by Gasteiger charge is -2.35. The molecule has 36 heavy (non-hydrogen) atoms. The maximum absolute atomic E-state index is 15.3. The molecule has 1 fully saturated rings. The molecule has 14 heteroatoms. The van der Waals surface area contributed by atoms with Gasteiger partial charge in [0.15, 0.2) is 6.10 Å². The number of rotatable bonds is 6. The van der Waals surface area contributed by atoms with E-state index in [0.717, 1.165) is 6.07 Å². The fourth-order valence-electron chi connectivity index (χ4n) is 3.84. The van der Waals surface area contributed by atoms with E-state index in [0.29, 0.717) is 24.0 Å². The minimum atomic E-state index is -4.91. The number of para-hydroxylation sites is 1. The smallest absolute Gasteiger partial charge is 0.425 e. The number of hydrogen-bond donors (Lipinski definition) is 3. The Labute approximate surface area is 205 Å². The minimum Gasteiger partial charge on any atom is -0.480 e. The number of nitrogens with two attached hydrogens (primary N) is 1. The molecule has 8 nitrogen and oxygen atoms in total. The predicted octanol–water partition coefficient (Wildman–Crippen LogP) is 4.09. The molecule has 1 unspecified atom stereocenters. The number of alkyl halides is 3. The molecule has 2 atom stereocenters. The highest BCUT2D eigenvalue weighted by atomic mass is 35.5. The van der Waals surface area contributed by atoms with Crippen molar-refractivity contribution in [1.29, 1.82) is 0 Å². The van der Waals surface area contributed by atoms with Crippen molar-refractivity contribution in [3.63, 3.8) is 0 Å². The molecule has 0 bridgehead atoms. The monoisotopic (exact) mass is 535 g/mol. The van der Waals surface area contributed by atoms with Gasteiger partial charge in [-0.15, -0.1) is 0 Å². The first-order chi connectivity index (χ1) is 16.7. The Balaban J connectivity index is 2.17. The zero-order valence-electron chi connectivity index (χ0n) is 18.5. The Morgan fingerprint density at radius 2 is 1.94 bits per heavy atom. The molecule has 2 aromatic carbocycles. The molecular weight excluding hydrogens is 517 g/mol. The number of benzene rings is 2. The second-order valence-electron chi connectivity index (χ2n) is 7.94. The Kier molecular flexibility index (Phi) is 7.46. The molecule has 1 saturated heterocycles. The van der Waals surface area contributed by atoms with Gasteiger partial charge >= 0.3 is 12.2 Å². The fraction of sp³-hybridized carbons (Fsp3) is 0.318. The zero-order valence-corrected chi connectivity index (χ0v) is 19.2. The highest BCUT2D eigenvalue weighted by Crippen LogP contribution is 2.43. The Bertz CT molecular complexity index is 1210. The fourth-order valence-corrected chi connectivity index (χ4v) is 4.05. The van der Waals surface area contributed by atoms with Gasteiger partial charge in [-0.25, -0.2) is 13.6 Å². The largest absolute Gasteiger partial charge is 0.480 e. The first-order valence-corrected chi connectivity index (χ1v) is 10.7. The van der Waals surface area contributed by atoms with Gasteiger partial charge in [-0.2, -0.15) is 13.2 Å². The number of urea groups is 1. The van der Waals surface area contributed by atoms with Crippen molar-refractivity contribution in [2.75, 3.05) is 11.9 Å². The summed E-state index contributed by atoms with van der Waals surface area (Å²) in [7, 11) is 0. The van der Waals surface area contributed by atoms with Crippen LogP contribution in [-0.2, 0) is 10.3 Å². The number of aliphatic hydroxyl groups excluding tert-OH is 1. The van der Waals surface area contributed by atoms with Crippen LogP contribution in [0.4, 0.5) is 32.4 Å². The van der Waals surface area contributed by atoms with Crippen molar-refractivity contribution >= 4 is 35.1 Å². The van der Waals surface area contributed by atoms with Gasteiger partial charge in [0.2, 0.25) is 5.91 Å². The average Bonchev–Trinajstić information content (AvgIpc) is 3.13. The van der Waals surface area contributed by atoms with Crippen LogP contribution < -0.4 is 15.8 Å². The molecule has 1 aliphatic rings. The third kappa shape index (κ3) is 4.93. The second kappa shape index (κ2) is 9.90. The van der Waals surface area contributed by atoms with Crippen LogP contribution in [0, 0.1) is 11.6 Å². The third-order valence-corrected chi connectivity index (χ3v) is 6.01. The van der Waals surface area contributed by atoms with Gasteiger partial charge in [0.25, 0.3) is 5.91 Å². The summed E-state index contributed by atoms with van der Waals surface area (Å²) in [4.78, 5) is 37.4. The lowest BCUT2D eigenvalue weighted by molar-refractivity contribution is -0.189.